The number of H-pyrrole nitrogens is 2. The number of nitrogens with one attached hydrogen (secondary N) is 2. The van der Waals surface area contributed by atoms with Crippen LogP contribution in [0.15, 0.2) is 54.9 Å². The van der Waals surface area contributed by atoms with Crippen molar-refractivity contribution in [1.29, 1.82) is 0 Å². The van der Waals surface area contributed by atoms with E-state index in [9.17, 15) is 9.59 Å². The van der Waals surface area contributed by atoms with Gasteiger partial charge in [-0.25, -0.2) is 9.97 Å². The molecule has 3 aliphatic rings. The van der Waals surface area contributed by atoms with Gasteiger partial charge in [-0.3, -0.25) is 9.59 Å². The Morgan fingerprint density at radius 2 is 1.57 bits per heavy atom. The Morgan fingerprint density at radius 3 is 2.27 bits per heavy atom. The molecule has 254 valence electrons. The average molecular weight is 661 g/mol. The van der Waals surface area contributed by atoms with Gasteiger partial charge in [-0.15, -0.1) is 0 Å². The zero-order valence-electron chi connectivity index (χ0n) is 28.4. The number of benzene rings is 2. The van der Waals surface area contributed by atoms with Gasteiger partial charge < -0.3 is 34.8 Å². The molecule has 0 aliphatic carbocycles. The summed E-state index contributed by atoms with van der Waals surface area (Å²) in [6, 6.07) is 14.3. The summed E-state index contributed by atoms with van der Waals surface area (Å²) >= 11 is 0. The molecular formula is C38H44N8O3. The van der Waals surface area contributed by atoms with Crippen molar-refractivity contribution < 1.29 is 14.3 Å². The minimum Gasteiger partial charge on any atom is -0.472 e. The minimum atomic E-state index is -0.510. The van der Waals surface area contributed by atoms with Crippen molar-refractivity contribution in [3.8, 4) is 39.5 Å². The number of imidazole rings is 2. The van der Waals surface area contributed by atoms with Gasteiger partial charge in [-0.1, -0.05) is 32.9 Å². The second-order valence-electron chi connectivity index (χ2n) is 14.0. The van der Waals surface area contributed by atoms with E-state index in [0.717, 1.165) is 101 Å². The topological polar surface area (TPSA) is 138 Å². The lowest BCUT2D eigenvalue weighted by atomic mass is 10.0. The van der Waals surface area contributed by atoms with Crippen LogP contribution in [0.4, 0.5) is 0 Å². The van der Waals surface area contributed by atoms with Crippen molar-refractivity contribution in [2.24, 2.45) is 11.7 Å². The first-order valence-electron chi connectivity index (χ1n) is 17.7. The van der Waals surface area contributed by atoms with Gasteiger partial charge in [0.25, 0.3) is 0 Å². The van der Waals surface area contributed by atoms with Crippen LogP contribution in [0.3, 0.4) is 0 Å². The Balaban J connectivity index is 1.03. The van der Waals surface area contributed by atoms with Crippen LogP contribution in [0.5, 0.6) is 5.75 Å². The first kappa shape index (κ1) is 31.4. The Kier molecular flexibility index (Phi) is 8.02. The van der Waals surface area contributed by atoms with E-state index < -0.39 is 6.04 Å². The van der Waals surface area contributed by atoms with Gasteiger partial charge >= 0.3 is 0 Å². The molecule has 0 saturated carbocycles. The monoisotopic (exact) mass is 660 g/mol. The van der Waals surface area contributed by atoms with Crippen molar-refractivity contribution in [1.82, 2.24) is 34.3 Å². The summed E-state index contributed by atoms with van der Waals surface area (Å²) in [5, 5.41) is 1.12. The maximum Gasteiger partial charge on any atom is 0.240 e. The third-order valence-electron chi connectivity index (χ3n) is 10.5. The fourth-order valence-electron chi connectivity index (χ4n) is 7.76. The Labute approximate surface area is 285 Å². The SMILES string of the molecule is CCCC(=O)N1CCCC1c1ncc(-c2ccc3c(c2)cc2n3COc3cc(-c4cnc(C5CCCN5C(=O)C(N)C(C)C)[nH]4)ccc3-2)[nH]1. The van der Waals surface area contributed by atoms with E-state index in [1.165, 1.54) is 0 Å². The number of aromatic nitrogens is 5. The number of hydrogen-bond acceptors (Lipinski definition) is 6. The molecule has 3 unspecified atom stereocenters. The number of nitrogens with zero attached hydrogens (tertiary/aromatic N) is 5. The third kappa shape index (κ3) is 5.50. The lowest BCUT2D eigenvalue weighted by molar-refractivity contribution is -0.134. The Bertz CT molecular complexity index is 2040. The van der Waals surface area contributed by atoms with Gasteiger partial charge in [0, 0.05) is 41.6 Å². The van der Waals surface area contributed by atoms with E-state index in [1.54, 1.807) is 0 Å². The molecule has 6 heterocycles. The van der Waals surface area contributed by atoms with E-state index in [0.29, 0.717) is 19.7 Å². The Hall–Kier alpha value is -4.90. The van der Waals surface area contributed by atoms with Crippen LogP contribution in [0.1, 0.15) is 83.0 Å². The molecule has 11 nitrogen and oxygen atoms in total. The van der Waals surface area contributed by atoms with Crippen LogP contribution in [-0.2, 0) is 16.3 Å². The van der Waals surface area contributed by atoms with Crippen LogP contribution in [0, 0.1) is 5.92 Å². The predicted octanol–water partition coefficient (Wildman–Crippen LogP) is 6.55. The van der Waals surface area contributed by atoms with Gasteiger partial charge in [0.1, 0.15) is 17.4 Å². The van der Waals surface area contributed by atoms with Crippen LogP contribution in [0.2, 0.25) is 0 Å². The number of amides is 2. The fourth-order valence-corrected chi connectivity index (χ4v) is 7.76. The molecule has 0 bridgehead atoms. The number of nitrogens with two attached hydrogens (primary N) is 1. The van der Waals surface area contributed by atoms with E-state index >= 15 is 0 Å². The van der Waals surface area contributed by atoms with Gasteiger partial charge in [0.15, 0.2) is 6.73 Å². The van der Waals surface area contributed by atoms with Gasteiger partial charge in [0.2, 0.25) is 11.8 Å². The lowest BCUT2D eigenvalue weighted by Crippen LogP contribution is -2.46. The molecule has 0 spiro atoms. The largest absolute Gasteiger partial charge is 0.472 e. The molecule has 11 heteroatoms. The van der Waals surface area contributed by atoms with Gasteiger partial charge in [-0.05, 0) is 68.4 Å². The number of hydrogen-bond donors (Lipinski definition) is 3. The molecule has 49 heavy (non-hydrogen) atoms. The molecule has 3 aliphatic heterocycles. The molecule has 2 amide bonds. The molecule has 8 rings (SSSR count). The highest BCUT2D eigenvalue weighted by Crippen LogP contribution is 2.42. The summed E-state index contributed by atoms with van der Waals surface area (Å²) in [4.78, 5) is 46.1. The maximum atomic E-state index is 13.1. The number of fused-ring (bicyclic) bond motifs is 5. The molecule has 4 N–H and O–H groups in total. The maximum absolute atomic E-state index is 13.1. The summed E-state index contributed by atoms with van der Waals surface area (Å²) in [6.07, 6.45) is 8.90. The summed E-state index contributed by atoms with van der Waals surface area (Å²) < 4.78 is 8.52. The zero-order chi connectivity index (χ0) is 33.8. The van der Waals surface area contributed by atoms with Crippen molar-refractivity contribution >= 4 is 22.7 Å². The Morgan fingerprint density at radius 1 is 0.918 bits per heavy atom. The van der Waals surface area contributed by atoms with Crippen LogP contribution in [0.25, 0.3) is 44.7 Å². The summed E-state index contributed by atoms with van der Waals surface area (Å²) in [7, 11) is 0. The minimum absolute atomic E-state index is 0.00892. The van der Waals surface area contributed by atoms with Crippen molar-refractivity contribution in [3.63, 3.8) is 0 Å². The molecule has 3 atom stereocenters. The van der Waals surface area contributed by atoms with Gasteiger partial charge in [0.05, 0.1) is 53.1 Å². The summed E-state index contributed by atoms with van der Waals surface area (Å²) in [5.41, 5.74) is 13.3. The molecule has 2 aromatic carbocycles. The van der Waals surface area contributed by atoms with E-state index in [-0.39, 0.29) is 29.8 Å². The number of likely N-dealkylation sites (tertiary alicyclic amines) is 2. The average Bonchev–Trinajstić information content (AvgIpc) is 3.95. The molecular weight excluding hydrogens is 616 g/mol. The van der Waals surface area contributed by atoms with E-state index in [4.69, 9.17) is 20.4 Å². The van der Waals surface area contributed by atoms with E-state index in [1.807, 2.05) is 43.0 Å². The zero-order valence-corrected chi connectivity index (χ0v) is 28.4. The van der Waals surface area contributed by atoms with Crippen molar-refractivity contribution in [3.05, 3.63) is 66.5 Å². The normalized spacial score (nSPS) is 19.4. The third-order valence-corrected chi connectivity index (χ3v) is 10.5. The predicted molar refractivity (Wildman–Crippen MR) is 188 cm³/mol. The standard InChI is InChI=1S/C38H44N8O3/c1-4-7-34(47)44-14-5-8-30(44)36-40-19-27(42-36)23-11-13-29-25(16-23)17-32-26-12-10-24(18-33(26)49-21-46(29)32)28-20-41-37(43-28)31-9-6-15-45(31)38(48)35(39)22(2)3/h10-13,16-20,22,30-31,35H,4-9,14-15,21,39H2,1-3H3,(H,40,42)(H,41,43). The molecule has 5 aromatic rings. The quantitative estimate of drug-likeness (QED) is 0.173. The fraction of sp³-hybridized carbons (Fsp3) is 0.421. The highest BCUT2D eigenvalue weighted by atomic mass is 16.5. The first-order valence-corrected chi connectivity index (χ1v) is 17.7. The molecule has 2 fully saturated rings. The highest BCUT2D eigenvalue weighted by molar-refractivity contribution is 5.92. The first-order chi connectivity index (χ1) is 23.8. The number of aromatic amines is 2. The molecule has 3 aromatic heterocycles. The van der Waals surface area contributed by atoms with Crippen LogP contribution in [-0.4, -0.2) is 65.2 Å². The van der Waals surface area contributed by atoms with Crippen LogP contribution >= 0.6 is 0 Å². The molecule has 2 saturated heterocycles. The van der Waals surface area contributed by atoms with Crippen molar-refractivity contribution in [2.75, 3.05) is 13.1 Å². The van der Waals surface area contributed by atoms with Crippen molar-refractivity contribution in [2.45, 2.75) is 84.2 Å². The smallest absolute Gasteiger partial charge is 0.240 e. The summed E-state index contributed by atoms with van der Waals surface area (Å²) in [6.45, 7) is 7.91. The number of carbonyl (C=O) groups excluding carboxylic acids is 2. The lowest BCUT2D eigenvalue weighted by Gasteiger charge is -2.27. The number of ether oxygens (including phenoxy) is 1. The van der Waals surface area contributed by atoms with Crippen LogP contribution < -0.4 is 10.5 Å². The second-order valence-corrected chi connectivity index (χ2v) is 14.0. The second kappa shape index (κ2) is 12.5. The number of rotatable bonds is 8. The highest BCUT2D eigenvalue weighted by Gasteiger charge is 2.35. The van der Waals surface area contributed by atoms with E-state index in [2.05, 4.69) is 57.0 Å². The molecule has 0 radical (unpaired) electrons. The number of carbonyl (C=O) groups is 2. The summed E-state index contributed by atoms with van der Waals surface area (Å²) in [5.74, 6) is 2.76. The van der Waals surface area contributed by atoms with Gasteiger partial charge in [-0.2, -0.15) is 0 Å².